The van der Waals surface area contributed by atoms with Gasteiger partial charge in [-0.05, 0) is 35.3 Å². The van der Waals surface area contributed by atoms with E-state index in [4.69, 9.17) is 0 Å². The molecule has 0 aliphatic rings. The number of carbonyl (C=O) groups excluding carboxylic acids is 2. The van der Waals surface area contributed by atoms with Crippen LogP contribution in [0.25, 0.3) is 17.3 Å². The van der Waals surface area contributed by atoms with Crippen molar-refractivity contribution in [1.29, 1.82) is 0 Å². The molecule has 2 aromatic rings. The minimum Gasteiger partial charge on any atom is -0.329 e. The summed E-state index contributed by atoms with van der Waals surface area (Å²) in [5.74, 6) is -3.86. The van der Waals surface area contributed by atoms with Crippen molar-refractivity contribution in [3.63, 3.8) is 0 Å². The summed E-state index contributed by atoms with van der Waals surface area (Å²) >= 11 is 0. The van der Waals surface area contributed by atoms with Crippen molar-refractivity contribution in [3.8, 4) is 11.3 Å². The Balaban J connectivity index is 2.15. The van der Waals surface area contributed by atoms with E-state index in [1.165, 1.54) is 18.3 Å². The van der Waals surface area contributed by atoms with E-state index in [0.717, 1.165) is 6.08 Å². The zero-order valence-electron chi connectivity index (χ0n) is 16.5. The summed E-state index contributed by atoms with van der Waals surface area (Å²) in [6.45, 7) is 4.76. The lowest BCUT2D eigenvalue weighted by atomic mass is 9.97. The second-order valence-electron chi connectivity index (χ2n) is 7.60. The molecule has 0 atom stereocenters. The van der Waals surface area contributed by atoms with Gasteiger partial charge in [0.2, 0.25) is 0 Å². The smallest absolute Gasteiger partial charge is 0.329 e. The van der Waals surface area contributed by atoms with Crippen LogP contribution in [0.2, 0.25) is 0 Å². The number of carbonyl (C=O) groups is 2. The maximum Gasteiger partial charge on any atom is 0.493 e. The predicted octanol–water partition coefficient (Wildman–Crippen LogP) is 4.80. The quantitative estimate of drug-likeness (QED) is 0.402. The van der Waals surface area contributed by atoms with Gasteiger partial charge in [-0.15, -0.1) is 0 Å². The summed E-state index contributed by atoms with van der Waals surface area (Å²) in [5.41, 5.74) is 0.504. The summed E-state index contributed by atoms with van der Waals surface area (Å²) in [7, 11) is 0. The predicted molar refractivity (Wildman–Crippen MR) is 102 cm³/mol. The highest BCUT2D eigenvalue weighted by Gasteiger charge is 2.43. The van der Waals surface area contributed by atoms with Crippen LogP contribution in [0.1, 0.15) is 26.3 Å². The van der Waals surface area contributed by atoms with Gasteiger partial charge < -0.3 is 4.84 Å². The number of hydrogen-bond acceptors (Lipinski definition) is 4. The number of pyridine rings is 1. The Kier molecular flexibility index (Phi) is 6.96. The highest BCUT2D eigenvalue weighted by molar-refractivity contribution is 5.92. The minimum atomic E-state index is -5.23. The van der Waals surface area contributed by atoms with E-state index < -0.39 is 29.3 Å². The first-order valence-electron chi connectivity index (χ1n) is 8.86. The first kappa shape index (κ1) is 23.1. The summed E-state index contributed by atoms with van der Waals surface area (Å²) < 4.78 is 51.3. The van der Waals surface area contributed by atoms with E-state index in [2.05, 4.69) is 9.82 Å². The number of nitrogens with zero attached hydrogens (tertiary/aromatic N) is 2. The Morgan fingerprint density at radius 2 is 1.77 bits per heavy atom. The molecule has 30 heavy (non-hydrogen) atoms. The van der Waals surface area contributed by atoms with E-state index in [1.54, 1.807) is 51.1 Å². The molecule has 0 N–H and O–H groups in total. The third-order valence-corrected chi connectivity index (χ3v) is 3.64. The van der Waals surface area contributed by atoms with Crippen LogP contribution < -0.4 is 0 Å². The molecule has 1 aromatic carbocycles. The number of halogens is 4. The fourth-order valence-corrected chi connectivity index (χ4v) is 2.32. The molecule has 0 radical (unpaired) electrons. The summed E-state index contributed by atoms with van der Waals surface area (Å²) in [5, 5.41) is 0.369. The molecule has 1 amide bonds. The van der Waals surface area contributed by atoms with Gasteiger partial charge in [0.25, 0.3) is 5.91 Å². The van der Waals surface area contributed by atoms with Crippen LogP contribution in [0.3, 0.4) is 0 Å². The van der Waals surface area contributed by atoms with Crippen LogP contribution in [0.5, 0.6) is 0 Å². The number of amides is 1. The maximum absolute atomic E-state index is 13.8. The average molecular weight is 424 g/mol. The van der Waals surface area contributed by atoms with Crippen LogP contribution in [0.15, 0.2) is 48.7 Å². The Labute approximate surface area is 170 Å². The van der Waals surface area contributed by atoms with Crippen LogP contribution in [-0.2, 0) is 14.4 Å². The van der Waals surface area contributed by atoms with Crippen molar-refractivity contribution in [1.82, 2.24) is 10.0 Å². The molecule has 0 unspecified atom stereocenters. The molecule has 0 saturated heterocycles. The number of rotatable bonds is 4. The second kappa shape index (κ2) is 9.06. The van der Waals surface area contributed by atoms with Gasteiger partial charge in [-0.2, -0.15) is 18.2 Å². The lowest BCUT2D eigenvalue weighted by Gasteiger charge is -2.27. The lowest BCUT2D eigenvalue weighted by Crippen LogP contribution is -2.41. The van der Waals surface area contributed by atoms with Crippen LogP contribution >= 0.6 is 0 Å². The normalized spacial score (nSPS) is 12.1. The molecule has 0 spiro atoms. The number of alkyl halides is 3. The molecule has 1 heterocycles. The topological polar surface area (TPSA) is 59.5 Å². The molecule has 0 aliphatic heterocycles. The zero-order chi connectivity index (χ0) is 22.5. The average Bonchev–Trinajstić information content (AvgIpc) is 2.64. The van der Waals surface area contributed by atoms with Gasteiger partial charge >= 0.3 is 12.1 Å². The van der Waals surface area contributed by atoms with E-state index in [-0.39, 0.29) is 6.54 Å². The maximum atomic E-state index is 13.8. The molecule has 0 bridgehead atoms. The molecule has 0 saturated carbocycles. The Hall–Kier alpha value is -3.23. The molecule has 1 aromatic heterocycles. The second-order valence-corrected chi connectivity index (χ2v) is 7.60. The van der Waals surface area contributed by atoms with Gasteiger partial charge in [0.15, 0.2) is 0 Å². The molecular formula is C21H20F4N2O3. The zero-order valence-corrected chi connectivity index (χ0v) is 16.5. The van der Waals surface area contributed by atoms with Crippen molar-refractivity contribution in [2.24, 2.45) is 5.41 Å². The van der Waals surface area contributed by atoms with Crippen molar-refractivity contribution in [2.45, 2.75) is 26.9 Å². The highest BCUT2D eigenvalue weighted by Crippen LogP contribution is 2.22. The van der Waals surface area contributed by atoms with E-state index in [9.17, 15) is 27.2 Å². The number of hydroxylamine groups is 2. The van der Waals surface area contributed by atoms with Gasteiger partial charge in [-0.25, -0.2) is 9.18 Å². The highest BCUT2D eigenvalue weighted by atomic mass is 19.4. The largest absolute Gasteiger partial charge is 0.493 e. The summed E-state index contributed by atoms with van der Waals surface area (Å²) in [6.07, 6.45) is -1.58. The van der Waals surface area contributed by atoms with Gasteiger partial charge in [-0.3, -0.25) is 9.78 Å². The van der Waals surface area contributed by atoms with Crippen LogP contribution in [0.4, 0.5) is 17.6 Å². The molecular weight excluding hydrogens is 404 g/mol. The van der Waals surface area contributed by atoms with Gasteiger partial charge in [-0.1, -0.05) is 39.0 Å². The third kappa shape index (κ3) is 6.68. The summed E-state index contributed by atoms with van der Waals surface area (Å²) in [6, 6.07) is 9.19. The minimum absolute atomic E-state index is 0.248. The van der Waals surface area contributed by atoms with E-state index >= 15 is 0 Å². The van der Waals surface area contributed by atoms with Gasteiger partial charge in [0, 0.05) is 17.8 Å². The van der Waals surface area contributed by atoms with Gasteiger partial charge in [0.1, 0.15) is 5.82 Å². The fourth-order valence-electron chi connectivity index (χ4n) is 2.32. The number of aromatic nitrogens is 1. The first-order valence-corrected chi connectivity index (χ1v) is 8.86. The van der Waals surface area contributed by atoms with Gasteiger partial charge in [0.05, 0.1) is 12.2 Å². The van der Waals surface area contributed by atoms with Crippen molar-refractivity contribution < 1.29 is 32.0 Å². The fraction of sp³-hybridized carbons (Fsp3) is 0.286. The Morgan fingerprint density at radius 1 is 1.10 bits per heavy atom. The van der Waals surface area contributed by atoms with E-state index in [0.29, 0.717) is 21.9 Å². The Bertz CT molecular complexity index is 933. The molecule has 9 heteroatoms. The molecule has 160 valence electrons. The standard InChI is InChI=1S/C21H20F4N2O3/c1-20(2,3)13-27(30-19(29)21(23,24)25)18(28)11-9-14-8-10-17(26-12-14)15-6-4-5-7-16(15)22/h4-12H,13H2,1-3H3/b11-9+. The van der Waals surface area contributed by atoms with Crippen molar-refractivity contribution >= 4 is 18.0 Å². The Morgan fingerprint density at radius 3 is 2.30 bits per heavy atom. The third-order valence-electron chi connectivity index (χ3n) is 3.64. The molecule has 2 rings (SSSR count). The van der Waals surface area contributed by atoms with E-state index in [1.807, 2.05) is 0 Å². The SMILES string of the molecule is CC(C)(C)CN(OC(=O)C(F)(F)F)C(=O)/C=C/c1ccc(-c2ccccc2F)nc1. The lowest BCUT2D eigenvalue weighted by molar-refractivity contribution is -0.238. The van der Waals surface area contributed by atoms with Crippen LogP contribution in [-0.4, -0.2) is 34.6 Å². The van der Waals surface area contributed by atoms with Crippen molar-refractivity contribution in [3.05, 3.63) is 60.1 Å². The monoisotopic (exact) mass is 424 g/mol. The molecule has 0 aliphatic carbocycles. The molecule has 5 nitrogen and oxygen atoms in total. The molecule has 0 fully saturated rings. The first-order chi connectivity index (χ1) is 13.9. The van der Waals surface area contributed by atoms with Crippen molar-refractivity contribution in [2.75, 3.05) is 6.54 Å². The number of benzene rings is 1. The van der Waals surface area contributed by atoms with Crippen LogP contribution in [0, 0.1) is 11.2 Å². The number of hydrogen-bond donors (Lipinski definition) is 0. The summed E-state index contributed by atoms with van der Waals surface area (Å²) in [4.78, 5) is 31.8.